The Morgan fingerprint density at radius 2 is 2.19 bits per heavy atom. The molecule has 1 aromatic rings. The molecule has 21 heavy (non-hydrogen) atoms. The van der Waals surface area contributed by atoms with E-state index in [4.69, 9.17) is 9.84 Å². The molecule has 5 nitrogen and oxygen atoms in total. The molecule has 2 N–H and O–H groups in total. The average Bonchev–Trinajstić information content (AvgIpc) is 2.49. The highest BCUT2D eigenvalue weighted by Gasteiger charge is 2.05. The maximum Gasteiger partial charge on any atom is 0.335 e. The number of benzene rings is 1. The smallest absolute Gasteiger partial charge is 0.335 e. The first-order chi connectivity index (χ1) is 10.0. The summed E-state index contributed by atoms with van der Waals surface area (Å²) in [5.41, 5.74) is 0.246. The molecular weight excluding hydrogens is 268 g/mol. The Labute approximate surface area is 126 Å². The van der Waals surface area contributed by atoms with Gasteiger partial charge in [0, 0.05) is 25.7 Å². The number of nitrogens with zero attached hydrogens (tertiary/aromatic N) is 1. The molecule has 5 heteroatoms. The summed E-state index contributed by atoms with van der Waals surface area (Å²) < 4.78 is 5.53. The van der Waals surface area contributed by atoms with Crippen LogP contribution in [0.25, 0.3) is 0 Å². The summed E-state index contributed by atoms with van der Waals surface area (Å²) in [7, 11) is 2.13. The van der Waals surface area contributed by atoms with Crippen LogP contribution in [0, 0.1) is 0 Å². The first-order valence-corrected chi connectivity index (χ1v) is 7.41. The Balaban J connectivity index is 2.17. The van der Waals surface area contributed by atoms with Crippen molar-refractivity contribution in [2.75, 3.05) is 33.3 Å². The van der Waals surface area contributed by atoms with Gasteiger partial charge in [-0.05, 0) is 38.6 Å². The zero-order valence-corrected chi connectivity index (χ0v) is 13.1. The molecule has 0 amide bonds. The van der Waals surface area contributed by atoms with Gasteiger partial charge in [0.2, 0.25) is 0 Å². The molecule has 0 aliphatic carbocycles. The quantitative estimate of drug-likeness (QED) is 0.647. The van der Waals surface area contributed by atoms with Gasteiger partial charge in [0.05, 0.1) is 5.56 Å². The predicted octanol–water partition coefficient (Wildman–Crippen LogP) is 2.08. The van der Waals surface area contributed by atoms with Crippen LogP contribution in [0.5, 0.6) is 5.75 Å². The lowest BCUT2D eigenvalue weighted by Crippen LogP contribution is -2.36. The van der Waals surface area contributed by atoms with Crippen LogP contribution >= 0.6 is 0 Å². The lowest BCUT2D eigenvalue weighted by molar-refractivity contribution is 0.0696. The summed E-state index contributed by atoms with van der Waals surface area (Å²) >= 11 is 0. The Hall–Kier alpha value is -1.59. The molecule has 0 fully saturated rings. The lowest BCUT2D eigenvalue weighted by Gasteiger charge is -2.23. The van der Waals surface area contributed by atoms with Crippen molar-refractivity contribution in [2.24, 2.45) is 0 Å². The highest BCUT2D eigenvalue weighted by Crippen LogP contribution is 2.12. The Morgan fingerprint density at radius 3 is 2.86 bits per heavy atom. The van der Waals surface area contributed by atoms with Gasteiger partial charge < -0.3 is 20.1 Å². The minimum absolute atomic E-state index is 0.246. The number of likely N-dealkylation sites (N-methyl/N-ethyl adjacent to an activating group) is 1. The van der Waals surface area contributed by atoms with Crippen LogP contribution in [0.3, 0.4) is 0 Å². The van der Waals surface area contributed by atoms with Crippen molar-refractivity contribution in [1.82, 2.24) is 10.2 Å². The van der Waals surface area contributed by atoms with E-state index in [-0.39, 0.29) is 5.56 Å². The maximum absolute atomic E-state index is 10.8. The van der Waals surface area contributed by atoms with Gasteiger partial charge in [0.15, 0.2) is 0 Å². The number of carbonyl (C=O) groups is 1. The molecule has 0 saturated heterocycles. The van der Waals surface area contributed by atoms with E-state index in [2.05, 4.69) is 31.1 Å². The van der Waals surface area contributed by atoms with Crippen molar-refractivity contribution < 1.29 is 14.6 Å². The van der Waals surface area contributed by atoms with Gasteiger partial charge in [0.1, 0.15) is 12.4 Å². The first kappa shape index (κ1) is 17.5. The van der Waals surface area contributed by atoms with Crippen molar-refractivity contribution in [1.29, 1.82) is 0 Å². The molecule has 0 aromatic heterocycles. The summed E-state index contributed by atoms with van der Waals surface area (Å²) in [6.45, 7) is 7.59. The topological polar surface area (TPSA) is 61.8 Å². The van der Waals surface area contributed by atoms with Crippen molar-refractivity contribution in [3.63, 3.8) is 0 Å². The fourth-order valence-corrected chi connectivity index (χ4v) is 1.87. The van der Waals surface area contributed by atoms with Crippen molar-refractivity contribution in [3.05, 3.63) is 29.8 Å². The second kappa shape index (κ2) is 9.37. The van der Waals surface area contributed by atoms with Crippen LogP contribution in [0.1, 0.15) is 30.6 Å². The van der Waals surface area contributed by atoms with Gasteiger partial charge in [-0.15, -0.1) is 0 Å². The molecule has 0 heterocycles. The van der Waals surface area contributed by atoms with E-state index in [1.165, 1.54) is 0 Å². The number of hydrogen-bond acceptors (Lipinski definition) is 4. The third-order valence-electron chi connectivity index (χ3n) is 3.61. The predicted molar refractivity (Wildman–Crippen MR) is 84.1 cm³/mol. The van der Waals surface area contributed by atoms with Crippen molar-refractivity contribution >= 4 is 5.97 Å². The summed E-state index contributed by atoms with van der Waals surface area (Å²) in [5, 5.41) is 12.2. The minimum Gasteiger partial charge on any atom is -0.492 e. The number of nitrogens with one attached hydrogen (secondary N) is 1. The van der Waals surface area contributed by atoms with Crippen molar-refractivity contribution in [3.8, 4) is 5.75 Å². The molecule has 1 rings (SSSR count). The molecule has 0 saturated carbocycles. The third-order valence-corrected chi connectivity index (χ3v) is 3.61. The largest absolute Gasteiger partial charge is 0.492 e. The second-order valence-electron chi connectivity index (χ2n) is 5.17. The average molecular weight is 294 g/mol. The molecule has 1 unspecified atom stereocenters. The summed E-state index contributed by atoms with van der Waals surface area (Å²) in [6, 6.07) is 7.15. The van der Waals surface area contributed by atoms with Crippen LogP contribution in [-0.4, -0.2) is 55.3 Å². The number of rotatable bonds is 10. The van der Waals surface area contributed by atoms with Gasteiger partial charge in [-0.3, -0.25) is 0 Å². The summed E-state index contributed by atoms with van der Waals surface area (Å²) in [4.78, 5) is 13.2. The number of aromatic carboxylic acids is 1. The third kappa shape index (κ3) is 6.60. The van der Waals surface area contributed by atoms with Crippen LogP contribution in [0.2, 0.25) is 0 Å². The van der Waals surface area contributed by atoms with E-state index in [9.17, 15) is 4.79 Å². The van der Waals surface area contributed by atoms with E-state index in [1.807, 2.05) is 0 Å². The van der Waals surface area contributed by atoms with Crippen LogP contribution < -0.4 is 10.1 Å². The Kier molecular flexibility index (Phi) is 7.79. The zero-order valence-electron chi connectivity index (χ0n) is 13.1. The van der Waals surface area contributed by atoms with E-state index in [0.717, 1.165) is 26.1 Å². The highest BCUT2D eigenvalue weighted by atomic mass is 16.5. The van der Waals surface area contributed by atoms with Crippen LogP contribution in [0.15, 0.2) is 24.3 Å². The van der Waals surface area contributed by atoms with Gasteiger partial charge in [0.25, 0.3) is 0 Å². The Bertz CT molecular complexity index is 437. The molecule has 0 radical (unpaired) electrons. The number of carboxylic acid groups (broad SMARTS) is 1. The van der Waals surface area contributed by atoms with E-state index in [0.29, 0.717) is 18.4 Å². The second-order valence-corrected chi connectivity index (χ2v) is 5.17. The molecule has 0 aliphatic rings. The van der Waals surface area contributed by atoms with E-state index < -0.39 is 5.97 Å². The molecule has 1 aromatic carbocycles. The first-order valence-electron chi connectivity index (χ1n) is 7.41. The van der Waals surface area contributed by atoms with Gasteiger partial charge in [-0.1, -0.05) is 13.0 Å². The molecule has 1 atom stereocenters. The zero-order chi connectivity index (χ0) is 15.7. The number of ether oxygens (including phenoxy) is 1. The van der Waals surface area contributed by atoms with Gasteiger partial charge >= 0.3 is 5.97 Å². The van der Waals surface area contributed by atoms with E-state index >= 15 is 0 Å². The molecular formula is C16H26N2O3. The Morgan fingerprint density at radius 1 is 1.43 bits per heavy atom. The van der Waals surface area contributed by atoms with E-state index in [1.54, 1.807) is 24.3 Å². The fourth-order valence-electron chi connectivity index (χ4n) is 1.87. The molecule has 0 aliphatic heterocycles. The molecule has 0 spiro atoms. The standard InChI is InChI=1S/C16H26N2O3/c1-4-13(2)18(3)10-8-17-9-11-21-15-7-5-6-14(12-15)16(19)20/h5-7,12-13,17H,4,8-11H2,1-3H3,(H,19,20). The fraction of sp³-hybridized carbons (Fsp3) is 0.562. The SMILES string of the molecule is CCC(C)N(C)CCNCCOc1cccc(C(=O)O)c1. The van der Waals surface area contributed by atoms with Crippen molar-refractivity contribution in [2.45, 2.75) is 26.3 Å². The number of hydrogen-bond donors (Lipinski definition) is 2. The summed E-state index contributed by atoms with van der Waals surface area (Å²) in [6.07, 6.45) is 1.15. The normalized spacial score (nSPS) is 12.4. The molecule has 0 bridgehead atoms. The minimum atomic E-state index is -0.938. The lowest BCUT2D eigenvalue weighted by atomic mass is 10.2. The summed E-state index contributed by atoms with van der Waals surface area (Å²) in [5.74, 6) is -0.347. The van der Waals surface area contributed by atoms with Gasteiger partial charge in [-0.25, -0.2) is 4.79 Å². The van der Waals surface area contributed by atoms with Crippen LogP contribution in [0.4, 0.5) is 0 Å². The van der Waals surface area contributed by atoms with Crippen LogP contribution in [-0.2, 0) is 0 Å². The maximum atomic E-state index is 10.8. The van der Waals surface area contributed by atoms with Gasteiger partial charge in [-0.2, -0.15) is 0 Å². The molecule has 118 valence electrons. The monoisotopic (exact) mass is 294 g/mol. The number of carboxylic acids is 1. The highest BCUT2D eigenvalue weighted by molar-refractivity contribution is 5.87.